The van der Waals surface area contributed by atoms with Gasteiger partial charge in [-0.2, -0.15) is 4.31 Å². The van der Waals surface area contributed by atoms with Gasteiger partial charge in [-0.3, -0.25) is 0 Å². The molecule has 0 unspecified atom stereocenters. The van der Waals surface area contributed by atoms with Crippen molar-refractivity contribution < 1.29 is 16.8 Å². The van der Waals surface area contributed by atoms with E-state index in [2.05, 4.69) is 0 Å². The van der Waals surface area contributed by atoms with Gasteiger partial charge in [0.05, 0.1) is 4.90 Å². The molecule has 22 heavy (non-hydrogen) atoms. The molecule has 0 radical (unpaired) electrons. The van der Waals surface area contributed by atoms with Gasteiger partial charge in [-0.05, 0) is 31.0 Å². The second-order valence-electron chi connectivity index (χ2n) is 5.11. The van der Waals surface area contributed by atoms with Gasteiger partial charge < -0.3 is 0 Å². The lowest BCUT2D eigenvalue weighted by molar-refractivity contribution is 0.477. The normalized spacial score (nSPS) is 16.9. The standard InChI is InChI=1S/C14H16N2O4S2/c17-21(18,13-6-2-1-3-7-13)16-11-8-14(12-16)22(19,20)15-9-4-5-10-15/h1-3,6-8,11-12H,4-5,9-10H2. The minimum absolute atomic E-state index is 0.00825. The van der Waals surface area contributed by atoms with E-state index in [1.54, 1.807) is 18.2 Å². The van der Waals surface area contributed by atoms with Crippen molar-refractivity contribution >= 4 is 20.0 Å². The van der Waals surface area contributed by atoms with Crippen molar-refractivity contribution in [1.29, 1.82) is 0 Å². The minimum Gasteiger partial charge on any atom is -0.248 e. The molecule has 1 saturated heterocycles. The van der Waals surface area contributed by atoms with Crippen LogP contribution in [0, 0.1) is 0 Å². The highest BCUT2D eigenvalue weighted by molar-refractivity contribution is 7.90. The van der Waals surface area contributed by atoms with Crippen LogP contribution in [-0.2, 0) is 20.0 Å². The first kappa shape index (κ1) is 15.3. The average molecular weight is 340 g/mol. The average Bonchev–Trinajstić information content (AvgIpc) is 3.20. The van der Waals surface area contributed by atoms with Crippen LogP contribution in [0.15, 0.2) is 58.6 Å². The Labute approximate surface area is 130 Å². The molecule has 0 bridgehead atoms. The molecule has 0 aliphatic carbocycles. The zero-order chi connectivity index (χ0) is 15.8. The molecule has 1 aliphatic rings. The minimum atomic E-state index is -3.77. The number of benzene rings is 1. The number of hydrogen-bond donors (Lipinski definition) is 0. The fourth-order valence-corrected chi connectivity index (χ4v) is 5.25. The molecular formula is C14H16N2O4S2. The van der Waals surface area contributed by atoms with E-state index in [4.69, 9.17) is 0 Å². The summed E-state index contributed by atoms with van der Waals surface area (Å²) in [5.74, 6) is 0. The van der Waals surface area contributed by atoms with Crippen LogP contribution in [0.5, 0.6) is 0 Å². The Kier molecular flexibility index (Phi) is 3.84. The Morgan fingerprint density at radius 3 is 2.05 bits per heavy atom. The molecule has 1 aliphatic heterocycles. The summed E-state index contributed by atoms with van der Waals surface area (Å²) in [4.78, 5) is 0.129. The molecule has 1 aromatic carbocycles. The zero-order valence-electron chi connectivity index (χ0n) is 11.8. The van der Waals surface area contributed by atoms with E-state index in [0.717, 1.165) is 23.0 Å². The second-order valence-corrected chi connectivity index (χ2v) is 8.89. The van der Waals surface area contributed by atoms with Gasteiger partial charge >= 0.3 is 0 Å². The van der Waals surface area contributed by atoms with Crippen LogP contribution in [0.25, 0.3) is 0 Å². The monoisotopic (exact) mass is 340 g/mol. The molecule has 3 rings (SSSR count). The van der Waals surface area contributed by atoms with Crippen LogP contribution in [-0.4, -0.2) is 38.2 Å². The van der Waals surface area contributed by atoms with Crippen LogP contribution in [0.1, 0.15) is 12.8 Å². The van der Waals surface area contributed by atoms with Crippen molar-refractivity contribution in [3.63, 3.8) is 0 Å². The maximum Gasteiger partial charge on any atom is 0.267 e. The first-order valence-electron chi connectivity index (χ1n) is 6.91. The van der Waals surface area contributed by atoms with Crippen LogP contribution >= 0.6 is 0 Å². The van der Waals surface area contributed by atoms with E-state index in [1.807, 2.05) is 0 Å². The lowest BCUT2D eigenvalue weighted by Crippen LogP contribution is -2.27. The molecule has 2 aromatic rings. The highest BCUT2D eigenvalue weighted by Crippen LogP contribution is 2.23. The van der Waals surface area contributed by atoms with Crippen molar-refractivity contribution in [1.82, 2.24) is 8.28 Å². The second kappa shape index (κ2) is 5.53. The third-order valence-corrected chi connectivity index (χ3v) is 7.19. The summed E-state index contributed by atoms with van der Waals surface area (Å²) in [6, 6.07) is 9.25. The van der Waals surface area contributed by atoms with Crippen molar-refractivity contribution in [2.24, 2.45) is 0 Å². The van der Waals surface area contributed by atoms with Gasteiger partial charge in [-0.25, -0.2) is 20.8 Å². The molecule has 0 saturated carbocycles. The SMILES string of the molecule is O=S(=O)(c1ccn(S(=O)(=O)c2ccccc2)c1)N1CCCC1. The zero-order valence-corrected chi connectivity index (χ0v) is 13.4. The van der Waals surface area contributed by atoms with Gasteiger partial charge in [0.1, 0.15) is 4.90 Å². The quantitative estimate of drug-likeness (QED) is 0.845. The predicted molar refractivity (Wildman–Crippen MR) is 81.5 cm³/mol. The van der Waals surface area contributed by atoms with Crippen molar-refractivity contribution in [2.75, 3.05) is 13.1 Å². The molecule has 0 spiro atoms. The molecule has 0 atom stereocenters. The summed E-state index contributed by atoms with van der Waals surface area (Å²) in [6.45, 7) is 0.970. The van der Waals surface area contributed by atoms with E-state index in [1.165, 1.54) is 28.7 Å². The van der Waals surface area contributed by atoms with Crippen molar-refractivity contribution in [3.8, 4) is 0 Å². The highest BCUT2D eigenvalue weighted by Gasteiger charge is 2.29. The van der Waals surface area contributed by atoms with E-state index in [9.17, 15) is 16.8 Å². The van der Waals surface area contributed by atoms with Gasteiger partial charge in [-0.15, -0.1) is 0 Å². The van der Waals surface area contributed by atoms with Crippen molar-refractivity contribution in [2.45, 2.75) is 22.6 Å². The maximum atomic E-state index is 12.4. The molecule has 2 heterocycles. The first-order valence-corrected chi connectivity index (χ1v) is 9.79. The number of aromatic nitrogens is 1. The molecule has 0 amide bonds. The summed E-state index contributed by atoms with van der Waals surface area (Å²) < 4.78 is 52.1. The Bertz CT molecular complexity index is 865. The summed E-state index contributed by atoms with van der Waals surface area (Å²) in [7, 11) is -7.38. The summed E-state index contributed by atoms with van der Waals surface area (Å²) in [6.07, 6.45) is 4.10. The number of sulfonamides is 1. The van der Waals surface area contributed by atoms with Gasteiger partial charge in [0.25, 0.3) is 10.0 Å². The Morgan fingerprint density at radius 2 is 1.41 bits per heavy atom. The van der Waals surface area contributed by atoms with E-state index in [-0.39, 0.29) is 9.79 Å². The topological polar surface area (TPSA) is 76.5 Å². The fourth-order valence-electron chi connectivity index (χ4n) is 2.45. The van der Waals surface area contributed by atoms with Crippen LogP contribution < -0.4 is 0 Å². The fraction of sp³-hybridized carbons (Fsp3) is 0.286. The van der Waals surface area contributed by atoms with Crippen LogP contribution in [0.3, 0.4) is 0 Å². The van der Waals surface area contributed by atoms with E-state index < -0.39 is 20.0 Å². The van der Waals surface area contributed by atoms with Crippen molar-refractivity contribution in [3.05, 3.63) is 48.8 Å². The van der Waals surface area contributed by atoms with Crippen LogP contribution in [0.2, 0.25) is 0 Å². The third-order valence-electron chi connectivity index (χ3n) is 3.66. The maximum absolute atomic E-state index is 12.4. The van der Waals surface area contributed by atoms with E-state index in [0.29, 0.717) is 13.1 Å². The first-order chi connectivity index (χ1) is 10.4. The molecule has 1 fully saturated rings. The number of nitrogens with zero attached hydrogens (tertiary/aromatic N) is 2. The molecular weight excluding hydrogens is 324 g/mol. The van der Waals surface area contributed by atoms with Gasteiger partial charge in [0.2, 0.25) is 10.0 Å². The summed E-state index contributed by atoms with van der Waals surface area (Å²) >= 11 is 0. The van der Waals surface area contributed by atoms with Gasteiger partial charge in [-0.1, -0.05) is 18.2 Å². The lowest BCUT2D eigenvalue weighted by Gasteiger charge is -2.13. The lowest BCUT2D eigenvalue weighted by atomic mass is 10.4. The molecule has 8 heteroatoms. The molecule has 1 aromatic heterocycles. The Morgan fingerprint density at radius 1 is 0.773 bits per heavy atom. The van der Waals surface area contributed by atoms with Gasteiger partial charge in [0, 0.05) is 25.5 Å². The molecule has 0 N–H and O–H groups in total. The largest absolute Gasteiger partial charge is 0.267 e. The summed E-state index contributed by atoms with van der Waals surface area (Å²) in [5.41, 5.74) is 0. The third kappa shape index (κ3) is 2.57. The molecule has 6 nitrogen and oxygen atoms in total. The number of rotatable bonds is 4. The molecule has 118 valence electrons. The summed E-state index contributed by atoms with van der Waals surface area (Å²) in [5, 5.41) is 0. The Hall–Kier alpha value is -1.64. The van der Waals surface area contributed by atoms with Gasteiger partial charge in [0.15, 0.2) is 0 Å². The predicted octanol–water partition coefficient (Wildman–Crippen LogP) is 1.51. The highest BCUT2D eigenvalue weighted by atomic mass is 32.2. The van der Waals surface area contributed by atoms with E-state index >= 15 is 0 Å². The number of hydrogen-bond acceptors (Lipinski definition) is 4. The smallest absolute Gasteiger partial charge is 0.248 e. The Balaban J connectivity index is 1.98. The van der Waals surface area contributed by atoms with Crippen LogP contribution in [0.4, 0.5) is 0 Å².